The van der Waals surface area contributed by atoms with Crippen LogP contribution >= 0.6 is 0 Å². The number of benzene rings is 2. The lowest BCUT2D eigenvalue weighted by molar-refractivity contribution is 0.0950. The molecule has 6 heteroatoms. The van der Waals surface area contributed by atoms with Crippen LogP contribution in [-0.4, -0.2) is 38.8 Å². The van der Waals surface area contributed by atoms with Gasteiger partial charge in [0.25, 0.3) is 5.91 Å². The number of hydrogen-bond acceptors (Lipinski definition) is 4. The smallest absolute Gasteiger partial charge is 0.255 e. The van der Waals surface area contributed by atoms with E-state index in [1.807, 2.05) is 24.4 Å². The van der Waals surface area contributed by atoms with Crippen molar-refractivity contribution < 1.29 is 19.0 Å². The maximum absolute atomic E-state index is 12.6. The van der Waals surface area contributed by atoms with Gasteiger partial charge >= 0.3 is 0 Å². The maximum Gasteiger partial charge on any atom is 0.255 e. The van der Waals surface area contributed by atoms with Gasteiger partial charge in [-0.25, -0.2) is 0 Å². The summed E-state index contributed by atoms with van der Waals surface area (Å²) < 4.78 is 15.9. The predicted molar refractivity (Wildman–Crippen MR) is 100 cm³/mol. The molecule has 3 rings (SSSR count). The van der Waals surface area contributed by atoms with Crippen molar-refractivity contribution in [3.63, 3.8) is 0 Å². The minimum Gasteiger partial charge on any atom is -0.493 e. The molecule has 26 heavy (non-hydrogen) atoms. The molecule has 2 aromatic carbocycles. The van der Waals surface area contributed by atoms with Gasteiger partial charge in [-0.2, -0.15) is 0 Å². The lowest BCUT2D eigenvalue weighted by atomic mass is 10.1. The van der Waals surface area contributed by atoms with Crippen molar-refractivity contribution in [2.45, 2.75) is 6.42 Å². The number of carbonyl (C=O) groups excluding carboxylic acids is 1. The molecule has 0 radical (unpaired) electrons. The van der Waals surface area contributed by atoms with Crippen LogP contribution in [0.5, 0.6) is 17.2 Å². The molecule has 0 saturated heterocycles. The van der Waals surface area contributed by atoms with Crippen molar-refractivity contribution in [1.82, 2.24) is 10.3 Å². The minimum atomic E-state index is -0.220. The minimum absolute atomic E-state index is 0.220. The monoisotopic (exact) mass is 354 g/mol. The molecule has 0 atom stereocenters. The number of carbonyl (C=O) groups is 1. The molecule has 136 valence electrons. The Bertz CT molecular complexity index is 917. The zero-order chi connectivity index (χ0) is 18.5. The van der Waals surface area contributed by atoms with Crippen LogP contribution in [0.3, 0.4) is 0 Å². The van der Waals surface area contributed by atoms with E-state index >= 15 is 0 Å². The van der Waals surface area contributed by atoms with Crippen LogP contribution in [-0.2, 0) is 6.42 Å². The van der Waals surface area contributed by atoms with Gasteiger partial charge in [0.05, 0.1) is 26.9 Å². The van der Waals surface area contributed by atoms with Crippen LogP contribution in [0.15, 0.2) is 42.6 Å². The summed E-state index contributed by atoms with van der Waals surface area (Å²) in [7, 11) is 4.55. The molecule has 0 aliphatic rings. The summed E-state index contributed by atoms with van der Waals surface area (Å²) in [6, 6.07) is 11.5. The van der Waals surface area contributed by atoms with Gasteiger partial charge in [-0.3, -0.25) is 4.79 Å². The van der Waals surface area contributed by atoms with E-state index in [0.29, 0.717) is 29.4 Å². The summed E-state index contributed by atoms with van der Waals surface area (Å²) in [6.45, 7) is 0.512. The topological polar surface area (TPSA) is 72.6 Å². The molecule has 1 amide bonds. The van der Waals surface area contributed by atoms with E-state index in [9.17, 15) is 4.79 Å². The van der Waals surface area contributed by atoms with E-state index in [-0.39, 0.29) is 5.91 Å². The first-order valence-electron chi connectivity index (χ1n) is 8.31. The molecule has 1 aromatic heterocycles. The summed E-state index contributed by atoms with van der Waals surface area (Å²) in [6.07, 6.45) is 2.71. The average Bonchev–Trinajstić information content (AvgIpc) is 3.09. The molecule has 0 unspecified atom stereocenters. The first-order valence-corrected chi connectivity index (χ1v) is 8.31. The highest BCUT2D eigenvalue weighted by Gasteiger charge is 2.20. The Labute approximate surface area is 152 Å². The van der Waals surface area contributed by atoms with E-state index in [0.717, 1.165) is 11.9 Å². The summed E-state index contributed by atoms with van der Waals surface area (Å²) in [5.41, 5.74) is 2.67. The Morgan fingerprint density at radius 2 is 1.77 bits per heavy atom. The largest absolute Gasteiger partial charge is 0.493 e. The number of ether oxygens (including phenoxy) is 3. The van der Waals surface area contributed by atoms with Gasteiger partial charge in [-0.1, -0.05) is 18.2 Å². The first-order chi connectivity index (χ1) is 12.7. The Hall–Kier alpha value is -3.15. The molecule has 0 aliphatic carbocycles. The van der Waals surface area contributed by atoms with Crippen LogP contribution in [0.1, 0.15) is 15.9 Å². The lowest BCUT2D eigenvalue weighted by Gasteiger charge is -2.15. The van der Waals surface area contributed by atoms with Crippen molar-refractivity contribution in [2.75, 3.05) is 27.9 Å². The number of aromatic amines is 1. The van der Waals surface area contributed by atoms with Crippen molar-refractivity contribution in [3.8, 4) is 17.2 Å². The number of H-pyrrole nitrogens is 1. The van der Waals surface area contributed by atoms with Gasteiger partial charge in [0.15, 0.2) is 11.5 Å². The van der Waals surface area contributed by atoms with Crippen molar-refractivity contribution in [3.05, 3.63) is 53.7 Å². The Kier molecular flexibility index (Phi) is 5.31. The summed E-state index contributed by atoms with van der Waals surface area (Å²) >= 11 is 0. The Morgan fingerprint density at radius 1 is 1.00 bits per heavy atom. The van der Waals surface area contributed by atoms with Gasteiger partial charge in [0.2, 0.25) is 5.75 Å². The van der Waals surface area contributed by atoms with E-state index in [2.05, 4.69) is 16.4 Å². The van der Waals surface area contributed by atoms with E-state index in [1.165, 1.54) is 32.3 Å². The zero-order valence-electron chi connectivity index (χ0n) is 15.1. The Balaban J connectivity index is 1.72. The van der Waals surface area contributed by atoms with Gasteiger partial charge in [0, 0.05) is 23.6 Å². The highest BCUT2D eigenvalue weighted by molar-refractivity contribution is 5.98. The lowest BCUT2D eigenvalue weighted by Crippen LogP contribution is -2.26. The number of rotatable bonds is 7. The number of hydrogen-bond donors (Lipinski definition) is 2. The summed E-state index contributed by atoms with van der Waals surface area (Å²) in [4.78, 5) is 15.8. The number of methoxy groups -OCH3 is 3. The third-order valence-corrected chi connectivity index (χ3v) is 4.30. The van der Waals surface area contributed by atoms with Crippen molar-refractivity contribution in [1.29, 1.82) is 0 Å². The second-order valence-corrected chi connectivity index (χ2v) is 5.75. The van der Waals surface area contributed by atoms with Crippen molar-refractivity contribution >= 4 is 16.8 Å². The van der Waals surface area contributed by atoms with E-state index in [4.69, 9.17) is 14.2 Å². The number of fused-ring (bicyclic) bond motifs is 1. The average molecular weight is 354 g/mol. The second-order valence-electron chi connectivity index (χ2n) is 5.75. The summed E-state index contributed by atoms with van der Waals surface area (Å²) in [5.74, 6) is 1.05. The number of nitrogens with one attached hydrogen (secondary N) is 2. The molecule has 0 spiro atoms. The maximum atomic E-state index is 12.6. The molecule has 2 N–H and O–H groups in total. The highest BCUT2D eigenvalue weighted by atomic mass is 16.5. The van der Waals surface area contributed by atoms with Gasteiger partial charge < -0.3 is 24.5 Å². The molecule has 0 saturated carbocycles. The van der Waals surface area contributed by atoms with Gasteiger partial charge in [0.1, 0.15) is 0 Å². The molecule has 0 fully saturated rings. The highest BCUT2D eigenvalue weighted by Crippen LogP contribution is 2.39. The first kappa shape index (κ1) is 17.7. The molecule has 0 bridgehead atoms. The predicted octanol–water partition coefficient (Wildman–Crippen LogP) is 3.17. The fourth-order valence-electron chi connectivity index (χ4n) is 3.02. The number of amides is 1. The molecule has 1 heterocycles. The number of para-hydroxylation sites is 1. The molecule has 6 nitrogen and oxygen atoms in total. The molecular formula is C20H22N2O4. The molecule has 0 aliphatic heterocycles. The SMILES string of the molecule is COc1ccc(C(=O)NCCc2c[nH]c3ccccc23)c(OC)c1OC. The van der Waals surface area contributed by atoms with Crippen LogP contribution in [0.2, 0.25) is 0 Å². The second kappa shape index (κ2) is 7.82. The van der Waals surface area contributed by atoms with Gasteiger partial charge in [-0.05, 0) is 30.2 Å². The zero-order valence-corrected chi connectivity index (χ0v) is 15.1. The summed E-state index contributed by atoms with van der Waals surface area (Å²) in [5, 5.41) is 4.11. The van der Waals surface area contributed by atoms with E-state index < -0.39 is 0 Å². The molecular weight excluding hydrogens is 332 g/mol. The van der Waals surface area contributed by atoms with Crippen LogP contribution in [0.25, 0.3) is 10.9 Å². The van der Waals surface area contributed by atoms with Gasteiger partial charge in [-0.15, -0.1) is 0 Å². The van der Waals surface area contributed by atoms with Crippen LogP contribution in [0.4, 0.5) is 0 Å². The number of aromatic nitrogens is 1. The quantitative estimate of drug-likeness (QED) is 0.684. The normalized spacial score (nSPS) is 10.6. The third-order valence-electron chi connectivity index (χ3n) is 4.30. The van der Waals surface area contributed by atoms with E-state index in [1.54, 1.807) is 12.1 Å². The molecule has 3 aromatic rings. The fourth-order valence-corrected chi connectivity index (χ4v) is 3.02. The fraction of sp³-hybridized carbons (Fsp3) is 0.250. The Morgan fingerprint density at radius 3 is 2.50 bits per heavy atom. The standard InChI is InChI=1S/C20H22N2O4/c1-24-17-9-8-15(18(25-2)19(17)26-3)20(23)21-11-10-13-12-22-16-7-5-4-6-14(13)16/h4-9,12,22H,10-11H2,1-3H3,(H,21,23). The third kappa shape index (κ3) is 3.31. The van der Waals surface area contributed by atoms with Crippen molar-refractivity contribution in [2.24, 2.45) is 0 Å². The van der Waals surface area contributed by atoms with Crippen LogP contribution in [0, 0.1) is 0 Å². The van der Waals surface area contributed by atoms with Crippen LogP contribution < -0.4 is 19.5 Å².